The number of hydrogen-bond acceptors (Lipinski definition) is 3. The van der Waals surface area contributed by atoms with Gasteiger partial charge in [-0.2, -0.15) is 0 Å². The lowest BCUT2D eigenvalue weighted by atomic mass is 10.1. The standard InChI is InChI=1S/C16H18FNO2/c1-10-6-13(17)9-14(7-10)18-11(2)12-4-5-15(19)16(8-12)20-3/h4-9,11,18-19H,1-3H3. The molecule has 0 aromatic heterocycles. The molecule has 0 spiro atoms. The number of nitrogens with one attached hydrogen (secondary N) is 1. The van der Waals surface area contributed by atoms with E-state index < -0.39 is 0 Å². The van der Waals surface area contributed by atoms with Gasteiger partial charge in [-0.25, -0.2) is 4.39 Å². The van der Waals surface area contributed by atoms with Crippen LogP contribution in [0.25, 0.3) is 0 Å². The van der Waals surface area contributed by atoms with Gasteiger partial charge in [0.2, 0.25) is 0 Å². The van der Waals surface area contributed by atoms with Crippen molar-refractivity contribution in [3.63, 3.8) is 0 Å². The van der Waals surface area contributed by atoms with E-state index in [1.807, 2.05) is 26.0 Å². The van der Waals surface area contributed by atoms with Gasteiger partial charge in [0.25, 0.3) is 0 Å². The number of methoxy groups -OCH3 is 1. The van der Waals surface area contributed by atoms with Crippen LogP contribution in [0.1, 0.15) is 24.1 Å². The Labute approximate surface area is 118 Å². The van der Waals surface area contributed by atoms with Gasteiger partial charge in [0, 0.05) is 11.7 Å². The predicted octanol–water partition coefficient (Wildman–Crippen LogP) is 4.02. The lowest BCUT2D eigenvalue weighted by Gasteiger charge is -2.17. The van der Waals surface area contributed by atoms with Crippen molar-refractivity contribution in [2.24, 2.45) is 0 Å². The number of ether oxygens (including phenoxy) is 1. The maximum Gasteiger partial charge on any atom is 0.160 e. The Hall–Kier alpha value is -2.23. The van der Waals surface area contributed by atoms with Crippen LogP contribution in [0.4, 0.5) is 10.1 Å². The first kappa shape index (κ1) is 14.2. The zero-order valence-corrected chi connectivity index (χ0v) is 11.8. The van der Waals surface area contributed by atoms with Gasteiger partial charge >= 0.3 is 0 Å². The van der Waals surface area contributed by atoms with E-state index in [-0.39, 0.29) is 17.6 Å². The van der Waals surface area contributed by atoms with Crippen LogP contribution >= 0.6 is 0 Å². The summed E-state index contributed by atoms with van der Waals surface area (Å²) in [5.41, 5.74) is 2.53. The van der Waals surface area contributed by atoms with Crippen molar-refractivity contribution in [1.29, 1.82) is 0 Å². The summed E-state index contributed by atoms with van der Waals surface area (Å²) in [6.45, 7) is 3.81. The Morgan fingerprint density at radius 1 is 1.20 bits per heavy atom. The van der Waals surface area contributed by atoms with Gasteiger partial charge in [-0.05, 0) is 55.3 Å². The molecule has 0 aliphatic heterocycles. The number of aromatic hydroxyl groups is 1. The Morgan fingerprint density at radius 2 is 1.95 bits per heavy atom. The van der Waals surface area contributed by atoms with Crippen molar-refractivity contribution in [2.75, 3.05) is 12.4 Å². The van der Waals surface area contributed by atoms with E-state index in [0.29, 0.717) is 5.75 Å². The van der Waals surface area contributed by atoms with Crippen LogP contribution in [0.15, 0.2) is 36.4 Å². The monoisotopic (exact) mass is 275 g/mol. The molecular formula is C16H18FNO2. The van der Waals surface area contributed by atoms with Crippen molar-refractivity contribution in [3.05, 3.63) is 53.3 Å². The van der Waals surface area contributed by atoms with E-state index in [0.717, 1.165) is 16.8 Å². The molecule has 106 valence electrons. The molecule has 0 fully saturated rings. The third-order valence-electron chi connectivity index (χ3n) is 3.13. The summed E-state index contributed by atoms with van der Waals surface area (Å²) in [7, 11) is 1.51. The van der Waals surface area contributed by atoms with Crippen LogP contribution in [0.3, 0.4) is 0 Å². The van der Waals surface area contributed by atoms with E-state index in [9.17, 15) is 9.50 Å². The second-order valence-corrected chi connectivity index (χ2v) is 4.81. The number of rotatable bonds is 4. The molecule has 3 nitrogen and oxygen atoms in total. The molecule has 0 aliphatic carbocycles. The van der Waals surface area contributed by atoms with Crippen molar-refractivity contribution in [2.45, 2.75) is 19.9 Å². The van der Waals surface area contributed by atoms with E-state index in [4.69, 9.17) is 4.74 Å². The molecule has 2 aromatic rings. The number of phenolic OH excluding ortho intramolecular Hbond substituents is 1. The fourth-order valence-electron chi connectivity index (χ4n) is 2.12. The minimum Gasteiger partial charge on any atom is -0.504 e. The lowest BCUT2D eigenvalue weighted by molar-refractivity contribution is 0.373. The van der Waals surface area contributed by atoms with E-state index >= 15 is 0 Å². The minimum atomic E-state index is -0.261. The molecule has 0 aliphatic rings. The molecule has 4 heteroatoms. The molecule has 0 radical (unpaired) electrons. The van der Waals surface area contributed by atoms with Gasteiger partial charge in [0.15, 0.2) is 11.5 Å². The molecule has 1 atom stereocenters. The van der Waals surface area contributed by atoms with Gasteiger partial charge in [-0.15, -0.1) is 0 Å². The van der Waals surface area contributed by atoms with Crippen LogP contribution in [0.5, 0.6) is 11.5 Å². The summed E-state index contributed by atoms with van der Waals surface area (Å²) in [6, 6.07) is 9.95. The zero-order valence-electron chi connectivity index (χ0n) is 11.8. The summed E-state index contributed by atoms with van der Waals surface area (Å²) in [4.78, 5) is 0. The number of halogens is 1. The maximum absolute atomic E-state index is 13.4. The molecule has 0 bridgehead atoms. The molecule has 1 unspecified atom stereocenters. The third kappa shape index (κ3) is 3.20. The van der Waals surface area contributed by atoms with E-state index in [1.165, 1.54) is 19.2 Å². The molecule has 2 aromatic carbocycles. The fraction of sp³-hybridized carbons (Fsp3) is 0.250. The summed E-state index contributed by atoms with van der Waals surface area (Å²) in [6.07, 6.45) is 0. The minimum absolute atomic E-state index is 0.0364. The summed E-state index contributed by atoms with van der Waals surface area (Å²) in [5, 5.41) is 12.8. The number of aryl methyl sites for hydroxylation is 1. The Kier molecular flexibility index (Phi) is 4.13. The first-order chi connectivity index (χ1) is 9.49. The Balaban J connectivity index is 2.21. The van der Waals surface area contributed by atoms with Crippen molar-refractivity contribution in [3.8, 4) is 11.5 Å². The van der Waals surface area contributed by atoms with Crippen LogP contribution in [-0.2, 0) is 0 Å². The Bertz CT molecular complexity index is 593. The average Bonchev–Trinajstić information content (AvgIpc) is 2.37. The quantitative estimate of drug-likeness (QED) is 0.885. The van der Waals surface area contributed by atoms with Crippen LogP contribution in [-0.4, -0.2) is 12.2 Å². The molecule has 2 N–H and O–H groups in total. The highest BCUT2D eigenvalue weighted by Crippen LogP contribution is 2.30. The molecule has 0 heterocycles. The van der Waals surface area contributed by atoms with Crippen molar-refractivity contribution < 1.29 is 14.2 Å². The summed E-state index contributed by atoms with van der Waals surface area (Å²) in [5.74, 6) is 0.264. The van der Waals surface area contributed by atoms with Crippen molar-refractivity contribution >= 4 is 5.69 Å². The number of hydrogen-bond donors (Lipinski definition) is 2. The number of anilines is 1. The van der Waals surface area contributed by atoms with Gasteiger partial charge in [-0.1, -0.05) is 6.07 Å². The first-order valence-electron chi connectivity index (χ1n) is 6.40. The maximum atomic E-state index is 13.4. The van der Waals surface area contributed by atoms with Crippen LogP contribution in [0, 0.1) is 12.7 Å². The topological polar surface area (TPSA) is 41.5 Å². The average molecular weight is 275 g/mol. The smallest absolute Gasteiger partial charge is 0.160 e. The summed E-state index contributed by atoms with van der Waals surface area (Å²) >= 11 is 0. The fourth-order valence-corrected chi connectivity index (χ4v) is 2.12. The molecular weight excluding hydrogens is 257 g/mol. The molecule has 0 amide bonds. The second kappa shape index (κ2) is 5.82. The third-order valence-corrected chi connectivity index (χ3v) is 3.13. The molecule has 2 rings (SSSR count). The second-order valence-electron chi connectivity index (χ2n) is 4.81. The SMILES string of the molecule is COc1cc(C(C)Nc2cc(C)cc(F)c2)ccc1O. The zero-order chi connectivity index (χ0) is 14.7. The van der Waals surface area contributed by atoms with Crippen LogP contribution in [0.2, 0.25) is 0 Å². The molecule has 0 saturated heterocycles. The highest BCUT2D eigenvalue weighted by Gasteiger charge is 2.10. The van der Waals surface area contributed by atoms with E-state index in [1.54, 1.807) is 12.1 Å². The van der Waals surface area contributed by atoms with E-state index in [2.05, 4.69) is 5.32 Å². The van der Waals surface area contributed by atoms with Gasteiger partial charge in [0.05, 0.1) is 7.11 Å². The molecule has 0 saturated carbocycles. The summed E-state index contributed by atoms with van der Waals surface area (Å²) < 4.78 is 18.4. The Morgan fingerprint density at radius 3 is 2.60 bits per heavy atom. The highest BCUT2D eigenvalue weighted by atomic mass is 19.1. The normalized spacial score (nSPS) is 12.0. The largest absolute Gasteiger partial charge is 0.504 e. The highest BCUT2D eigenvalue weighted by molar-refractivity contribution is 5.49. The molecule has 20 heavy (non-hydrogen) atoms. The van der Waals surface area contributed by atoms with Gasteiger partial charge in [0.1, 0.15) is 5.82 Å². The van der Waals surface area contributed by atoms with Crippen molar-refractivity contribution in [1.82, 2.24) is 0 Å². The van der Waals surface area contributed by atoms with Gasteiger partial charge in [-0.3, -0.25) is 0 Å². The van der Waals surface area contributed by atoms with Gasteiger partial charge < -0.3 is 15.2 Å². The predicted molar refractivity (Wildman–Crippen MR) is 77.8 cm³/mol. The first-order valence-corrected chi connectivity index (χ1v) is 6.40. The number of benzene rings is 2. The van der Waals surface area contributed by atoms with Crippen LogP contribution < -0.4 is 10.1 Å². The number of phenols is 1. The lowest BCUT2D eigenvalue weighted by Crippen LogP contribution is -2.07.